The van der Waals surface area contributed by atoms with Crippen LogP contribution in [0.4, 0.5) is 10.5 Å². The molecule has 2 heterocycles. The van der Waals surface area contributed by atoms with Gasteiger partial charge in [0.1, 0.15) is 5.60 Å². The van der Waals surface area contributed by atoms with E-state index in [4.69, 9.17) is 4.74 Å². The van der Waals surface area contributed by atoms with Gasteiger partial charge in [-0.05, 0) is 57.9 Å². The standard InChI is InChI=1S/C20H28BrN3O3/c1-14-12-22(9-10-23(14)19(26)27-20(2,3)4)13-18(25)24-8-7-15-11-16(21)5-6-17(15)24/h5-6,11,14H,7-10,12-13H2,1-4H3. The number of amides is 2. The van der Waals surface area contributed by atoms with Gasteiger partial charge in [-0.25, -0.2) is 4.79 Å². The third-order valence-electron chi connectivity index (χ3n) is 4.94. The van der Waals surface area contributed by atoms with Gasteiger partial charge in [-0.15, -0.1) is 0 Å². The summed E-state index contributed by atoms with van der Waals surface area (Å²) in [7, 11) is 0. The first-order valence-electron chi connectivity index (χ1n) is 9.45. The van der Waals surface area contributed by atoms with Gasteiger partial charge in [0.15, 0.2) is 0 Å². The number of carbonyl (C=O) groups is 2. The fourth-order valence-electron chi connectivity index (χ4n) is 3.67. The number of hydrogen-bond donors (Lipinski definition) is 0. The van der Waals surface area contributed by atoms with E-state index in [9.17, 15) is 9.59 Å². The number of rotatable bonds is 2. The highest BCUT2D eigenvalue weighted by atomic mass is 79.9. The molecule has 6 nitrogen and oxygen atoms in total. The lowest BCUT2D eigenvalue weighted by atomic mass is 10.2. The molecule has 3 rings (SSSR count). The lowest BCUT2D eigenvalue weighted by Crippen LogP contribution is -2.56. The second-order valence-electron chi connectivity index (χ2n) is 8.33. The maximum Gasteiger partial charge on any atom is 0.410 e. The molecule has 1 saturated heterocycles. The lowest BCUT2D eigenvalue weighted by Gasteiger charge is -2.40. The maximum atomic E-state index is 12.8. The fraction of sp³-hybridized carbons (Fsp3) is 0.600. The van der Waals surface area contributed by atoms with Gasteiger partial charge in [0.05, 0.1) is 6.54 Å². The normalized spacial score (nSPS) is 20.6. The number of benzene rings is 1. The van der Waals surface area contributed by atoms with Gasteiger partial charge >= 0.3 is 6.09 Å². The summed E-state index contributed by atoms with van der Waals surface area (Å²) in [5, 5.41) is 0. The van der Waals surface area contributed by atoms with Gasteiger partial charge in [-0.1, -0.05) is 15.9 Å². The van der Waals surface area contributed by atoms with E-state index in [1.54, 1.807) is 4.90 Å². The van der Waals surface area contributed by atoms with Crippen LogP contribution >= 0.6 is 15.9 Å². The number of anilines is 1. The number of hydrogen-bond acceptors (Lipinski definition) is 4. The van der Waals surface area contributed by atoms with Crippen LogP contribution in [-0.2, 0) is 16.0 Å². The highest BCUT2D eigenvalue weighted by Crippen LogP contribution is 2.30. The monoisotopic (exact) mass is 437 g/mol. The molecule has 1 aromatic rings. The predicted octanol–water partition coefficient (Wildman–Crippen LogP) is 3.28. The second kappa shape index (κ2) is 7.80. The predicted molar refractivity (Wildman–Crippen MR) is 109 cm³/mol. The maximum absolute atomic E-state index is 12.8. The van der Waals surface area contributed by atoms with Crippen LogP contribution in [0, 0.1) is 0 Å². The van der Waals surface area contributed by atoms with E-state index < -0.39 is 5.60 Å². The van der Waals surface area contributed by atoms with Gasteiger partial charge in [0.25, 0.3) is 0 Å². The van der Waals surface area contributed by atoms with Crippen molar-refractivity contribution in [3.63, 3.8) is 0 Å². The van der Waals surface area contributed by atoms with Crippen molar-refractivity contribution < 1.29 is 14.3 Å². The van der Waals surface area contributed by atoms with Crippen molar-refractivity contribution in [2.24, 2.45) is 0 Å². The van der Waals surface area contributed by atoms with E-state index in [0.717, 1.165) is 23.1 Å². The summed E-state index contributed by atoms with van der Waals surface area (Å²) in [4.78, 5) is 30.9. The van der Waals surface area contributed by atoms with Crippen LogP contribution in [0.25, 0.3) is 0 Å². The van der Waals surface area contributed by atoms with Crippen molar-refractivity contribution >= 4 is 33.6 Å². The molecule has 27 heavy (non-hydrogen) atoms. The molecule has 0 radical (unpaired) electrons. The molecule has 148 valence electrons. The van der Waals surface area contributed by atoms with E-state index in [1.807, 2.05) is 44.7 Å². The number of ether oxygens (including phenoxy) is 1. The minimum absolute atomic E-state index is 0.0169. The third kappa shape index (κ3) is 4.82. The Morgan fingerprint density at radius 3 is 2.63 bits per heavy atom. The molecule has 1 unspecified atom stereocenters. The van der Waals surface area contributed by atoms with Crippen LogP contribution in [0.3, 0.4) is 0 Å². The summed E-state index contributed by atoms with van der Waals surface area (Å²) < 4.78 is 6.53. The summed E-state index contributed by atoms with van der Waals surface area (Å²) in [5.74, 6) is 0.119. The summed E-state index contributed by atoms with van der Waals surface area (Å²) in [5.41, 5.74) is 1.73. The molecule has 0 aliphatic carbocycles. The summed E-state index contributed by atoms with van der Waals surface area (Å²) in [6, 6.07) is 6.09. The molecule has 2 amide bonds. The first kappa shape index (κ1) is 20.1. The van der Waals surface area contributed by atoms with E-state index in [-0.39, 0.29) is 18.0 Å². The Morgan fingerprint density at radius 2 is 1.96 bits per heavy atom. The Bertz CT molecular complexity index is 732. The molecule has 2 aliphatic heterocycles. The zero-order valence-electron chi connectivity index (χ0n) is 16.5. The molecule has 1 atom stereocenters. The van der Waals surface area contributed by atoms with Crippen LogP contribution in [0.15, 0.2) is 22.7 Å². The van der Waals surface area contributed by atoms with Crippen LogP contribution in [0.5, 0.6) is 0 Å². The van der Waals surface area contributed by atoms with Crippen LogP contribution in [-0.4, -0.2) is 66.2 Å². The Morgan fingerprint density at radius 1 is 1.22 bits per heavy atom. The van der Waals surface area contributed by atoms with Gasteiger partial charge in [-0.2, -0.15) is 0 Å². The molecule has 0 saturated carbocycles. The number of piperazine rings is 1. The largest absolute Gasteiger partial charge is 0.444 e. The van der Waals surface area contributed by atoms with Crippen molar-refractivity contribution in [3.05, 3.63) is 28.2 Å². The van der Waals surface area contributed by atoms with Crippen LogP contribution in [0.2, 0.25) is 0 Å². The van der Waals surface area contributed by atoms with E-state index >= 15 is 0 Å². The molecular weight excluding hydrogens is 410 g/mol. The molecule has 1 aromatic carbocycles. The van der Waals surface area contributed by atoms with E-state index in [1.165, 1.54) is 5.56 Å². The molecule has 1 fully saturated rings. The van der Waals surface area contributed by atoms with Gasteiger partial charge in [0.2, 0.25) is 5.91 Å². The minimum atomic E-state index is -0.498. The topological polar surface area (TPSA) is 53.1 Å². The molecule has 0 spiro atoms. The average molecular weight is 438 g/mol. The SMILES string of the molecule is CC1CN(CC(=O)N2CCc3cc(Br)ccc32)CCN1C(=O)OC(C)(C)C. The first-order valence-corrected chi connectivity index (χ1v) is 10.2. The van der Waals surface area contributed by atoms with Crippen molar-refractivity contribution in [1.29, 1.82) is 0 Å². The lowest BCUT2D eigenvalue weighted by molar-refractivity contribution is -0.120. The van der Waals surface area contributed by atoms with Crippen molar-refractivity contribution in [2.45, 2.75) is 45.8 Å². The number of carbonyl (C=O) groups excluding carboxylic acids is 2. The van der Waals surface area contributed by atoms with Crippen LogP contribution < -0.4 is 4.90 Å². The highest BCUT2D eigenvalue weighted by Gasteiger charge is 2.33. The summed E-state index contributed by atoms with van der Waals surface area (Å²) in [6.07, 6.45) is 0.614. The Labute approximate surface area is 169 Å². The van der Waals surface area contributed by atoms with Crippen molar-refractivity contribution in [3.8, 4) is 0 Å². The highest BCUT2D eigenvalue weighted by molar-refractivity contribution is 9.10. The summed E-state index contributed by atoms with van der Waals surface area (Å²) >= 11 is 3.49. The van der Waals surface area contributed by atoms with Gasteiger partial charge < -0.3 is 14.5 Å². The Hall–Kier alpha value is -1.60. The number of nitrogens with zero attached hydrogens (tertiary/aromatic N) is 3. The summed E-state index contributed by atoms with van der Waals surface area (Å²) in [6.45, 7) is 10.7. The van der Waals surface area contributed by atoms with Crippen molar-refractivity contribution in [1.82, 2.24) is 9.80 Å². The Kier molecular flexibility index (Phi) is 5.82. The smallest absolute Gasteiger partial charge is 0.410 e. The fourth-order valence-corrected chi connectivity index (χ4v) is 4.08. The quantitative estimate of drug-likeness (QED) is 0.712. The van der Waals surface area contributed by atoms with Gasteiger partial charge in [0, 0.05) is 42.4 Å². The minimum Gasteiger partial charge on any atom is -0.444 e. The molecule has 0 N–H and O–H groups in total. The average Bonchev–Trinajstić information content (AvgIpc) is 2.96. The second-order valence-corrected chi connectivity index (χ2v) is 9.24. The number of fused-ring (bicyclic) bond motifs is 1. The number of halogens is 1. The first-order chi connectivity index (χ1) is 12.6. The molecular formula is C20H28BrN3O3. The molecule has 0 bridgehead atoms. The van der Waals surface area contributed by atoms with Gasteiger partial charge in [-0.3, -0.25) is 9.69 Å². The van der Waals surface area contributed by atoms with Crippen LogP contribution in [0.1, 0.15) is 33.3 Å². The molecule has 7 heteroatoms. The van der Waals surface area contributed by atoms with E-state index in [0.29, 0.717) is 26.2 Å². The molecule has 2 aliphatic rings. The zero-order chi connectivity index (χ0) is 19.8. The molecule has 0 aromatic heterocycles. The zero-order valence-corrected chi connectivity index (χ0v) is 18.1. The van der Waals surface area contributed by atoms with Crippen molar-refractivity contribution in [2.75, 3.05) is 37.6 Å². The Balaban J connectivity index is 1.56. The van der Waals surface area contributed by atoms with E-state index in [2.05, 4.69) is 26.9 Å². The third-order valence-corrected chi connectivity index (χ3v) is 5.43.